The highest BCUT2D eigenvalue weighted by atomic mass is 79.9. The Morgan fingerprint density at radius 3 is 3.08 bits per heavy atom. The van der Waals surface area contributed by atoms with Crippen LogP contribution < -0.4 is 4.90 Å². The molecule has 0 amide bonds. The van der Waals surface area contributed by atoms with Crippen LogP contribution in [0.4, 0.5) is 5.82 Å². The van der Waals surface area contributed by atoms with Crippen molar-refractivity contribution in [2.75, 3.05) is 18.1 Å². The van der Waals surface area contributed by atoms with Gasteiger partial charge in [0.05, 0.1) is 18.8 Å². The van der Waals surface area contributed by atoms with Crippen molar-refractivity contribution >= 4 is 21.7 Å². The molecule has 0 bridgehead atoms. The molecule has 4 heteroatoms. The van der Waals surface area contributed by atoms with Crippen LogP contribution in [0.3, 0.4) is 0 Å². The van der Waals surface area contributed by atoms with Crippen molar-refractivity contribution in [3.63, 3.8) is 0 Å². The molecule has 2 fully saturated rings. The third-order valence-electron chi connectivity index (χ3n) is 2.69. The van der Waals surface area contributed by atoms with Crippen molar-refractivity contribution in [1.82, 2.24) is 4.98 Å². The van der Waals surface area contributed by atoms with E-state index in [0.717, 1.165) is 23.4 Å². The zero-order valence-electron chi connectivity index (χ0n) is 6.98. The molecule has 3 heterocycles. The predicted octanol–water partition coefficient (Wildman–Crippen LogP) is 1.43. The molecule has 3 rings (SSSR count). The number of fused-ring (bicyclic) bond motifs is 1. The number of hydrogen-bond donors (Lipinski definition) is 0. The molecule has 0 saturated carbocycles. The molecule has 0 N–H and O–H groups in total. The molecule has 68 valence electrons. The Kier molecular flexibility index (Phi) is 1.60. The van der Waals surface area contributed by atoms with Gasteiger partial charge in [0.15, 0.2) is 0 Å². The molecule has 2 aliphatic heterocycles. The van der Waals surface area contributed by atoms with Crippen LogP contribution in [0.1, 0.15) is 0 Å². The van der Waals surface area contributed by atoms with E-state index in [2.05, 4.69) is 31.9 Å². The number of morpholine rings is 1. The monoisotopic (exact) mass is 240 g/mol. The maximum Gasteiger partial charge on any atom is 0.130 e. The lowest BCUT2D eigenvalue weighted by Gasteiger charge is -2.55. The summed E-state index contributed by atoms with van der Waals surface area (Å²) in [6.07, 6.45) is 2.30. The number of aromatic nitrogens is 1. The van der Waals surface area contributed by atoms with Crippen molar-refractivity contribution in [1.29, 1.82) is 0 Å². The predicted molar refractivity (Wildman–Crippen MR) is 52.8 cm³/mol. The molecule has 0 spiro atoms. The normalized spacial score (nSPS) is 30.4. The summed E-state index contributed by atoms with van der Waals surface area (Å²) in [6, 6.07) is 4.58. The van der Waals surface area contributed by atoms with Crippen LogP contribution in [0.2, 0.25) is 0 Å². The van der Waals surface area contributed by atoms with E-state index in [1.54, 1.807) is 0 Å². The van der Waals surface area contributed by atoms with Gasteiger partial charge >= 0.3 is 0 Å². The van der Waals surface area contributed by atoms with Gasteiger partial charge < -0.3 is 9.64 Å². The van der Waals surface area contributed by atoms with Gasteiger partial charge in [-0.3, -0.25) is 0 Å². The van der Waals surface area contributed by atoms with Gasteiger partial charge in [-0.05, 0) is 12.1 Å². The zero-order chi connectivity index (χ0) is 8.84. The van der Waals surface area contributed by atoms with Gasteiger partial charge in [0.25, 0.3) is 0 Å². The van der Waals surface area contributed by atoms with Crippen molar-refractivity contribution in [3.8, 4) is 0 Å². The van der Waals surface area contributed by atoms with Gasteiger partial charge in [-0.15, -0.1) is 0 Å². The maximum atomic E-state index is 5.33. The highest BCUT2D eigenvalue weighted by Crippen LogP contribution is 2.34. The second kappa shape index (κ2) is 2.69. The van der Waals surface area contributed by atoms with E-state index in [0.29, 0.717) is 12.1 Å². The Hall–Kier alpha value is -0.610. The molecular weight excluding hydrogens is 232 g/mol. The lowest BCUT2D eigenvalue weighted by Crippen LogP contribution is -2.71. The molecule has 1 aromatic rings. The Morgan fingerprint density at radius 1 is 1.62 bits per heavy atom. The van der Waals surface area contributed by atoms with E-state index < -0.39 is 0 Å². The third kappa shape index (κ3) is 1.09. The number of anilines is 1. The SMILES string of the molecule is Brc1ccnc(N2CC3OCC32)c1. The molecular formula is C9H9BrN2O. The van der Waals surface area contributed by atoms with Crippen molar-refractivity contribution < 1.29 is 4.74 Å². The lowest BCUT2D eigenvalue weighted by molar-refractivity contribution is -0.113. The molecule has 2 atom stereocenters. The largest absolute Gasteiger partial charge is 0.372 e. The quantitative estimate of drug-likeness (QED) is 0.743. The molecule has 0 aromatic carbocycles. The standard InChI is InChI=1S/C9H9BrN2O/c10-6-1-2-11-9(3-6)12-4-8-7(12)5-13-8/h1-3,7-8H,4-5H2. The first kappa shape index (κ1) is 7.76. The van der Waals surface area contributed by atoms with Crippen molar-refractivity contribution in [2.45, 2.75) is 12.1 Å². The molecule has 13 heavy (non-hydrogen) atoms. The molecule has 3 nitrogen and oxygen atoms in total. The number of ether oxygens (including phenoxy) is 1. The maximum absolute atomic E-state index is 5.33. The Balaban J connectivity index is 1.85. The van der Waals surface area contributed by atoms with Gasteiger partial charge in [0.1, 0.15) is 5.82 Å². The van der Waals surface area contributed by atoms with Crippen LogP contribution in [0, 0.1) is 0 Å². The van der Waals surface area contributed by atoms with E-state index in [1.165, 1.54) is 0 Å². The van der Waals surface area contributed by atoms with Crippen LogP contribution in [0.25, 0.3) is 0 Å². The van der Waals surface area contributed by atoms with Crippen LogP contribution in [0.5, 0.6) is 0 Å². The topological polar surface area (TPSA) is 25.4 Å². The highest BCUT2D eigenvalue weighted by Gasteiger charge is 2.47. The fourth-order valence-corrected chi connectivity index (χ4v) is 2.11. The van der Waals surface area contributed by atoms with E-state index in [9.17, 15) is 0 Å². The first-order valence-electron chi connectivity index (χ1n) is 4.34. The van der Waals surface area contributed by atoms with Gasteiger partial charge in [0, 0.05) is 17.2 Å². The number of pyridine rings is 1. The van der Waals surface area contributed by atoms with E-state index in [-0.39, 0.29) is 0 Å². The summed E-state index contributed by atoms with van der Waals surface area (Å²) in [5.74, 6) is 1.05. The summed E-state index contributed by atoms with van der Waals surface area (Å²) in [4.78, 5) is 6.61. The van der Waals surface area contributed by atoms with E-state index in [1.807, 2.05) is 12.3 Å². The molecule has 2 saturated heterocycles. The second-order valence-corrected chi connectivity index (χ2v) is 4.34. The number of hydrogen-bond acceptors (Lipinski definition) is 3. The average molecular weight is 241 g/mol. The minimum absolute atomic E-state index is 0.473. The van der Waals surface area contributed by atoms with Crippen LogP contribution in [0.15, 0.2) is 22.8 Å². The minimum Gasteiger partial charge on any atom is -0.372 e. The van der Waals surface area contributed by atoms with Gasteiger partial charge in [0.2, 0.25) is 0 Å². The molecule has 2 unspecified atom stereocenters. The van der Waals surface area contributed by atoms with Gasteiger partial charge in [-0.1, -0.05) is 15.9 Å². The van der Waals surface area contributed by atoms with Crippen LogP contribution in [-0.4, -0.2) is 30.3 Å². The summed E-state index contributed by atoms with van der Waals surface area (Å²) < 4.78 is 6.41. The van der Waals surface area contributed by atoms with Crippen molar-refractivity contribution in [3.05, 3.63) is 22.8 Å². The lowest BCUT2D eigenvalue weighted by atomic mass is 9.95. The van der Waals surface area contributed by atoms with Crippen molar-refractivity contribution in [2.24, 2.45) is 0 Å². The Labute approximate surface area is 84.8 Å². The van der Waals surface area contributed by atoms with Crippen LogP contribution >= 0.6 is 15.9 Å². The van der Waals surface area contributed by atoms with Gasteiger partial charge in [-0.25, -0.2) is 4.98 Å². The van der Waals surface area contributed by atoms with Crippen LogP contribution in [-0.2, 0) is 4.74 Å². The summed E-state index contributed by atoms with van der Waals surface area (Å²) in [5, 5.41) is 0. The molecule has 0 radical (unpaired) electrons. The average Bonchev–Trinajstić information content (AvgIpc) is 2.10. The van der Waals surface area contributed by atoms with E-state index in [4.69, 9.17) is 4.74 Å². The van der Waals surface area contributed by atoms with Gasteiger partial charge in [-0.2, -0.15) is 0 Å². The second-order valence-electron chi connectivity index (χ2n) is 3.42. The fraction of sp³-hybridized carbons (Fsp3) is 0.444. The zero-order valence-corrected chi connectivity index (χ0v) is 8.57. The highest BCUT2D eigenvalue weighted by molar-refractivity contribution is 9.10. The van der Waals surface area contributed by atoms with E-state index >= 15 is 0 Å². The smallest absolute Gasteiger partial charge is 0.130 e. The molecule has 0 aliphatic carbocycles. The summed E-state index contributed by atoms with van der Waals surface area (Å²) in [7, 11) is 0. The Bertz CT molecular complexity index is 344. The third-order valence-corrected chi connectivity index (χ3v) is 3.18. The molecule has 2 aliphatic rings. The fourth-order valence-electron chi connectivity index (χ4n) is 1.79. The number of nitrogens with zero attached hydrogens (tertiary/aromatic N) is 2. The molecule has 1 aromatic heterocycles. The summed E-state index contributed by atoms with van der Waals surface area (Å²) >= 11 is 3.44. The first-order valence-corrected chi connectivity index (χ1v) is 5.14. The number of rotatable bonds is 1. The number of halogens is 1. The summed E-state index contributed by atoms with van der Waals surface area (Å²) in [6.45, 7) is 1.85. The Morgan fingerprint density at radius 2 is 2.54 bits per heavy atom. The minimum atomic E-state index is 0.473. The first-order chi connectivity index (χ1) is 6.34. The summed E-state index contributed by atoms with van der Waals surface area (Å²) in [5.41, 5.74) is 0.